The third-order valence-electron chi connectivity index (χ3n) is 2.41. The molecule has 1 aliphatic carbocycles. The second-order valence-electron chi connectivity index (χ2n) is 3.72. The van der Waals surface area contributed by atoms with Gasteiger partial charge in [-0.05, 0) is 30.8 Å². The summed E-state index contributed by atoms with van der Waals surface area (Å²) in [6, 6.07) is 0.0769. The summed E-state index contributed by atoms with van der Waals surface area (Å²) in [6.45, 7) is 2.14. The van der Waals surface area contributed by atoms with E-state index in [2.05, 4.69) is 12.2 Å². The van der Waals surface area contributed by atoms with Gasteiger partial charge in [0.1, 0.15) is 0 Å². The maximum absolute atomic E-state index is 11.4. The molecule has 1 saturated carbocycles. The van der Waals surface area contributed by atoms with Crippen molar-refractivity contribution in [1.82, 2.24) is 5.32 Å². The lowest BCUT2D eigenvalue weighted by Crippen LogP contribution is -2.42. The summed E-state index contributed by atoms with van der Waals surface area (Å²) in [5.41, 5.74) is 5.70. The number of carbonyl (C=O) groups is 1. The van der Waals surface area contributed by atoms with Crippen molar-refractivity contribution >= 4 is 17.7 Å². The van der Waals surface area contributed by atoms with Gasteiger partial charge in [0.25, 0.3) is 0 Å². The molecule has 0 aromatic rings. The fraction of sp³-hybridized carbons (Fsp3) is 0.889. The molecule has 13 heavy (non-hydrogen) atoms. The minimum atomic E-state index is -0.319. The van der Waals surface area contributed by atoms with Crippen LogP contribution in [0.2, 0.25) is 0 Å². The van der Waals surface area contributed by atoms with Gasteiger partial charge in [0.05, 0.1) is 6.04 Å². The Morgan fingerprint density at radius 2 is 2.38 bits per heavy atom. The number of thioether (sulfide) groups is 1. The number of hydrogen-bond acceptors (Lipinski definition) is 3. The highest BCUT2D eigenvalue weighted by molar-refractivity contribution is 7.98. The first-order chi connectivity index (χ1) is 6.15. The van der Waals surface area contributed by atoms with E-state index in [9.17, 15) is 4.79 Å². The first-order valence-electron chi connectivity index (χ1n) is 4.70. The first kappa shape index (κ1) is 10.9. The smallest absolute Gasteiger partial charge is 0.237 e. The maximum Gasteiger partial charge on any atom is 0.237 e. The van der Waals surface area contributed by atoms with Crippen LogP contribution >= 0.6 is 11.8 Å². The van der Waals surface area contributed by atoms with Gasteiger partial charge in [-0.3, -0.25) is 4.79 Å². The minimum Gasteiger partial charge on any atom is -0.352 e. The Balaban J connectivity index is 2.14. The monoisotopic (exact) mass is 202 g/mol. The van der Waals surface area contributed by atoms with Crippen molar-refractivity contribution < 1.29 is 4.79 Å². The number of nitrogens with two attached hydrogens (primary N) is 1. The Labute approximate surface area is 83.8 Å². The molecule has 0 saturated heterocycles. The molecule has 1 aliphatic rings. The lowest BCUT2D eigenvalue weighted by Gasteiger charge is -2.10. The van der Waals surface area contributed by atoms with Gasteiger partial charge in [0, 0.05) is 6.04 Å². The lowest BCUT2D eigenvalue weighted by atomic mass is 10.2. The van der Waals surface area contributed by atoms with Crippen LogP contribution in [0.5, 0.6) is 0 Å². The van der Waals surface area contributed by atoms with Crippen molar-refractivity contribution in [2.24, 2.45) is 11.7 Å². The van der Waals surface area contributed by atoms with Crippen molar-refractivity contribution in [3.8, 4) is 0 Å². The SMILES string of the molecule is CSCC[C@H](N)C(=O)NC1CC1C. The Kier molecular flexibility index (Phi) is 4.06. The van der Waals surface area contributed by atoms with Gasteiger partial charge in [-0.2, -0.15) is 11.8 Å². The van der Waals surface area contributed by atoms with Crippen molar-refractivity contribution in [2.45, 2.75) is 31.8 Å². The van der Waals surface area contributed by atoms with Crippen LogP contribution in [0.4, 0.5) is 0 Å². The molecule has 0 aliphatic heterocycles. The predicted molar refractivity (Wildman–Crippen MR) is 56.7 cm³/mol. The van der Waals surface area contributed by atoms with Crippen LogP contribution in [0.3, 0.4) is 0 Å². The Morgan fingerprint density at radius 1 is 1.77 bits per heavy atom. The van der Waals surface area contributed by atoms with E-state index in [-0.39, 0.29) is 11.9 Å². The average molecular weight is 202 g/mol. The van der Waals surface area contributed by atoms with Crippen molar-refractivity contribution in [2.75, 3.05) is 12.0 Å². The van der Waals surface area contributed by atoms with Crippen LogP contribution in [0, 0.1) is 5.92 Å². The summed E-state index contributed by atoms with van der Waals surface area (Å²) < 4.78 is 0. The molecule has 3 atom stereocenters. The lowest BCUT2D eigenvalue weighted by molar-refractivity contribution is -0.122. The molecule has 3 nitrogen and oxygen atoms in total. The first-order valence-corrected chi connectivity index (χ1v) is 6.09. The molecule has 0 spiro atoms. The molecule has 4 heteroatoms. The fourth-order valence-electron chi connectivity index (χ4n) is 1.19. The largest absolute Gasteiger partial charge is 0.352 e. The van der Waals surface area contributed by atoms with E-state index in [1.165, 1.54) is 0 Å². The van der Waals surface area contributed by atoms with Crippen LogP contribution in [-0.2, 0) is 4.79 Å². The van der Waals surface area contributed by atoms with Gasteiger partial charge in [0.15, 0.2) is 0 Å². The number of nitrogens with one attached hydrogen (secondary N) is 1. The number of carbonyl (C=O) groups excluding carboxylic acids is 1. The molecule has 0 aromatic carbocycles. The highest BCUT2D eigenvalue weighted by Gasteiger charge is 2.34. The second-order valence-corrected chi connectivity index (χ2v) is 4.70. The van der Waals surface area contributed by atoms with E-state index in [4.69, 9.17) is 5.73 Å². The minimum absolute atomic E-state index is 0.0170. The van der Waals surface area contributed by atoms with E-state index in [1.54, 1.807) is 11.8 Å². The molecule has 0 radical (unpaired) electrons. The zero-order valence-electron chi connectivity index (χ0n) is 8.25. The Morgan fingerprint density at radius 3 is 2.85 bits per heavy atom. The normalized spacial score (nSPS) is 28.2. The molecule has 3 N–H and O–H groups in total. The van der Waals surface area contributed by atoms with Gasteiger partial charge in [-0.1, -0.05) is 6.92 Å². The van der Waals surface area contributed by atoms with Crippen LogP contribution < -0.4 is 11.1 Å². The van der Waals surface area contributed by atoms with Crippen molar-refractivity contribution in [3.05, 3.63) is 0 Å². The fourth-order valence-corrected chi connectivity index (χ4v) is 1.68. The summed E-state index contributed by atoms with van der Waals surface area (Å²) in [4.78, 5) is 11.4. The molecule has 1 fully saturated rings. The third-order valence-corrected chi connectivity index (χ3v) is 3.05. The Bertz CT molecular complexity index is 186. The van der Waals surface area contributed by atoms with E-state index >= 15 is 0 Å². The zero-order chi connectivity index (χ0) is 9.84. The van der Waals surface area contributed by atoms with Gasteiger partial charge in [0.2, 0.25) is 5.91 Å². The van der Waals surface area contributed by atoms with E-state index < -0.39 is 0 Å². The van der Waals surface area contributed by atoms with Gasteiger partial charge < -0.3 is 11.1 Å². The zero-order valence-corrected chi connectivity index (χ0v) is 9.06. The summed E-state index contributed by atoms with van der Waals surface area (Å²) in [6.07, 6.45) is 3.91. The summed E-state index contributed by atoms with van der Waals surface area (Å²) in [7, 11) is 0. The number of hydrogen-bond donors (Lipinski definition) is 2. The molecule has 1 amide bonds. The molecule has 1 rings (SSSR count). The average Bonchev–Trinajstić information content (AvgIpc) is 2.77. The standard InChI is InChI=1S/C9H18N2OS/c1-6-5-8(6)11-9(12)7(10)3-4-13-2/h6-8H,3-5,10H2,1-2H3,(H,11,12)/t6?,7-,8?/m0/s1. The molecule has 76 valence electrons. The van der Waals surface area contributed by atoms with Crippen molar-refractivity contribution in [1.29, 1.82) is 0 Å². The highest BCUT2D eigenvalue weighted by Crippen LogP contribution is 2.28. The Hall–Kier alpha value is -0.220. The molecular weight excluding hydrogens is 184 g/mol. The van der Waals surface area contributed by atoms with Gasteiger partial charge in [-0.15, -0.1) is 0 Å². The van der Waals surface area contributed by atoms with Crippen LogP contribution in [-0.4, -0.2) is 30.0 Å². The summed E-state index contributed by atoms with van der Waals surface area (Å²) in [5.74, 6) is 1.62. The van der Waals surface area contributed by atoms with E-state index in [0.717, 1.165) is 18.6 Å². The van der Waals surface area contributed by atoms with Crippen LogP contribution in [0.25, 0.3) is 0 Å². The van der Waals surface area contributed by atoms with Crippen molar-refractivity contribution in [3.63, 3.8) is 0 Å². The van der Waals surface area contributed by atoms with Gasteiger partial charge >= 0.3 is 0 Å². The topological polar surface area (TPSA) is 55.1 Å². The summed E-state index contributed by atoms with van der Waals surface area (Å²) in [5, 5.41) is 2.94. The number of amides is 1. The van der Waals surface area contributed by atoms with E-state index in [0.29, 0.717) is 12.0 Å². The number of rotatable bonds is 5. The second kappa shape index (κ2) is 4.86. The molecule has 0 heterocycles. The quantitative estimate of drug-likeness (QED) is 0.686. The summed E-state index contributed by atoms with van der Waals surface area (Å²) >= 11 is 1.72. The van der Waals surface area contributed by atoms with Crippen LogP contribution in [0.15, 0.2) is 0 Å². The van der Waals surface area contributed by atoms with E-state index in [1.807, 2.05) is 6.26 Å². The van der Waals surface area contributed by atoms with Crippen LogP contribution in [0.1, 0.15) is 19.8 Å². The molecule has 0 bridgehead atoms. The highest BCUT2D eigenvalue weighted by atomic mass is 32.2. The maximum atomic E-state index is 11.4. The molecule has 0 aromatic heterocycles. The van der Waals surface area contributed by atoms with Gasteiger partial charge in [-0.25, -0.2) is 0 Å². The molecular formula is C9H18N2OS. The third kappa shape index (κ3) is 3.56. The predicted octanol–water partition coefficient (Wildman–Crippen LogP) is 0.591. The molecule has 2 unspecified atom stereocenters.